The van der Waals surface area contributed by atoms with E-state index < -0.39 is 0 Å². The van der Waals surface area contributed by atoms with Gasteiger partial charge < -0.3 is 19.7 Å². The Hall–Kier alpha value is -0.840. The summed E-state index contributed by atoms with van der Waals surface area (Å²) in [6, 6.07) is 2.20. The average Bonchev–Trinajstić information content (AvgIpc) is 2.53. The smallest absolute Gasteiger partial charge is 0.0785 e. The summed E-state index contributed by atoms with van der Waals surface area (Å²) in [5.41, 5.74) is 3.90. The molecule has 1 aromatic heterocycles. The Morgan fingerprint density at radius 1 is 1.47 bits per heavy atom. The van der Waals surface area contributed by atoms with Gasteiger partial charge in [0.2, 0.25) is 0 Å². The van der Waals surface area contributed by atoms with E-state index in [9.17, 15) is 5.11 Å². The first-order valence-electron chi connectivity index (χ1n) is 6.05. The Bertz CT molecular complexity index is 347. The van der Waals surface area contributed by atoms with Crippen LogP contribution in [0.4, 0.5) is 0 Å². The van der Waals surface area contributed by atoms with Crippen LogP contribution in [0.5, 0.6) is 0 Å². The van der Waals surface area contributed by atoms with E-state index in [1.807, 2.05) is 0 Å². The minimum atomic E-state index is -0.369. The third-order valence-electron chi connectivity index (χ3n) is 3.21. The maximum Gasteiger partial charge on any atom is 0.0785 e. The number of hydrogen-bond acceptors (Lipinski definition) is 3. The minimum absolute atomic E-state index is 0.369. The highest BCUT2D eigenvalue weighted by Crippen LogP contribution is 2.12. The highest BCUT2D eigenvalue weighted by Gasteiger charge is 2.06. The van der Waals surface area contributed by atoms with E-state index in [2.05, 4.69) is 36.8 Å². The first kappa shape index (κ1) is 14.2. The molecule has 4 heteroatoms. The topological polar surface area (TPSA) is 46.4 Å². The lowest BCUT2D eigenvalue weighted by Gasteiger charge is -2.10. The predicted octanol–water partition coefficient (Wildman–Crippen LogP) is 1.13. The quantitative estimate of drug-likeness (QED) is 0.702. The van der Waals surface area contributed by atoms with Crippen molar-refractivity contribution in [2.45, 2.75) is 32.9 Å². The van der Waals surface area contributed by atoms with Gasteiger partial charge in [-0.2, -0.15) is 0 Å². The van der Waals surface area contributed by atoms with Gasteiger partial charge in [0, 0.05) is 32.1 Å². The number of aryl methyl sites for hydroxylation is 1. The lowest BCUT2D eigenvalue weighted by molar-refractivity contribution is 0.0594. The number of aliphatic hydroxyl groups is 1. The maximum absolute atomic E-state index is 9.48. The molecule has 98 valence electrons. The maximum atomic E-state index is 9.48. The van der Waals surface area contributed by atoms with Crippen molar-refractivity contribution in [2.24, 2.45) is 7.05 Å². The van der Waals surface area contributed by atoms with Crippen molar-refractivity contribution in [3.8, 4) is 0 Å². The van der Waals surface area contributed by atoms with Gasteiger partial charge in [0.25, 0.3) is 0 Å². The van der Waals surface area contributed by atoms with Gasteiger partial charge in [-0.3, -0.25) is 0 Å². The number of ether oxygens (including phenoxy) is 1. The van der Waals surface area contributed by atoms with E-state index in [0.29, 0.717) is 6.61 Å². The zero-order chi connectivity index (χ0) is 12.8. The summed E-state index contributed by atoms with van der Waals surface area (Å²) in [5.74, 6) is 0. The molecular formula is C13H24N2O2. The Balaban J connectivity index is 2.29. The monoisotopic (exact) mass is 240 g/mol. The molecule has 0 fully saturated rings. The molecule has 0 aliphatic heterocycles. The van der Waals surface area contributed by atoms with E-state index in [1.54, 1.807) is 7.11 Å². The van der Waals surface area contributed by atoms with Gasteiger partial charge in [0.15, 0.2) is 0 Å². The third-order valence-corrected chi connectivity index (χ3v) is 3.21. The molecule has 2 N–H and O–H groups in total. The van der Waals surface area contributed by atoms with Crippen LogP contribution in [0.1, 0.15) is 23.4 Å². The van der Waals surface area contributed by atoms with Crippen LogP contribution in [0, 0.1) is 13.8 Å². The Morgan fingerprint density at radius 2 is 2.18 bits per heavy atom. The van der Waals surface area contributed by atoms with Crippen molar-refractivity contribution in [3.63, 3.8) is 0 Å². The van der Waals surface area contributed by atoms with Crippen molar-refractivity contribution in [1.29, 1.82) is 0 Å². The van der Waals surface area contributed by atoms with Crippen molar-refractivity contribution in [3.05, 3.63) is 23.0 Å². The molecule has 1 rings (SSSR count). The molecule has 0 aliphatic carbocycles. The number of hydrogen-bond donors (Lipinski definition) is 2. The van der Waals surface area contributed by atoms with Gasteiger partial charge in [-0.05, 0) is 38.4 Å². The summed E-state index contributed by atoms with van der Waals surface area (Å²) >= 11 is 0. The Labute approximate surface area is 104 Å². The van der Waals surface area contributed by atoms with E-state index in [-0.39, 0.29) is 6.10 Å². The fraction of sp³-hybridized carbons (Fsp3) is 0.692. The summed E-state index contributed by atoms with van der Waals surface area (Å²) in [5, 5.41) is 12.8. The van der Waals surface area contributed by atoms with E-state index >= 15 is 0 Å². The summed E-state index contributed by atoms with van der Waals surface area (Å²) in [6.45, 7) is 6.30. The second-order valence-corrected chi connectivity index (χ2v) is 4.53. The van der Waals surface area contributed by atoms with Gasteiger partial charge >= 0.3 is 0 Å². The number of aromatic nitrogens is 1. The summed E-state index contributed by atoms with van der Waals surface area (Å²) in [4.78, 5) is 0. The van der Waals surface area contributed by atoms with E-state index in [4.69, 9.17) is 4.74 Å². The first-order chi connectivity index (χ1) is 8.06. The van der Waals surface area contributed by atoms with Crippen molar-refractivity contribution >= 4 is 0 Å². The van der Waals surface area contributed by atoms with Crippen LogP contribution in [-0.2, 0) is 18.3 Å². The molecule has 1 atom stereocenters. The molecule has 1 unspecified atom stereocenters. The summed E-state index contributed by atoms with van der Waals surface area (Å²) in [7, 11) is 3.68. The van der Waals surface area contributed by atoms with Crippen LogP contribution in [-0.4, -0.2) is 36.0 Å². The van der Waals surface area contributed by atoms with Crippen LogP contribution in [0.25, 0.3) is 0 Å². The van der Waals surface area contributed by atoms with Gasteiger partial charge in [0.1, 0.15) is 0 Å². The average molecular weight is 240 g/mol. The molecular weight excluding hydrogens is 216 g/mol. The number of nitrogens with one attached hydrogen (secondary N) is 1. The number of methoxy groups -OCH3 is 1. The molecule has 0 spiro atoms. The fourth-order valence-electron chi connectivity index (χ4n) is 1.88. The molecule has 0 saturated carbocycles. The van der Waals surface area contributed by atoms with Crippen LogP contribution in [0.2, 0.25) is 0 Å². The minimum Gasteiger partial charge on any atom is -0.391 e. The number of nitrogens with zero attached hydrogens (tertiary/aromatic N) is 1. The number of aliphatic hydroxyl groups excluding tert-OH is 1. The molecule has 0 aromatic carbocycles. The van der Waals surface area contributed by atoms with E-state index in [1.165, 1.54) is 17.0 Å². The largest absolute Gasteiger partial charge is 0.391 e. The van der Waals surface area contributed by atoms with Crippen molar-refractivity contribution in [2.75, 3.05) is 20.3 Å². The van der Waals surface area contributed by atoms with Gasteiger partial charge in [-0.25, -0.2) is 0 Å². The molecule has 1 heterocycles. The Morgan fingerprint density at radius 3 is 2.71 bits per heavy atom. The van der Waals surface area contributed by atoms with Crippen LogP contribution in [0.3, 0.4) is 0 Å². The predicted molar refractivity (Wildman–Crippen MR) is 69.1 cm³/mol. The van der Waals surface area contributed by atoms with Crippen LogP contribution < -0.4 is 5.32 Å². The molecule has 0 saturated heterocycles. The van der Waals surface area contributed by atoms with Gasteiger partial charge in [-0.1, -0.05) is 0 Å². The van der Waals surface area contributed by atoms with Crippen molar-refractivity contribution < 1.29 is 9.84 Å². The van der Waals surface area contributed by atoms with Crippen molar-refractivity contribution in [1.82, 2.24) is 9.88 Å². The first-order valence-corrected chi connectivity index (χ1v) is 6.05. The highest BCUT2D eigenvalue weighted by atomic mass is 16.5. The standard InChI is InChI=1S/C13H24N2O2/c1-10-7-12(11(2)15(10)3)8-14-6-5-13(16)9-17-4/h7,13-14,16H,5-6,8-9H2,1-4H3. The summed E-state index contributed by atoms with van der Waals surface area (Å²) in [6.07, 6.45) is 0.352. The lowest BCUT2D eigenvalue weighted by atomic mass is 10.2. The van der Waals surface area contributed by atoms with Crippen LogP contribution >= 0.6 is 0 Å². The molecule has 17 heavy (non-hydrogen) atoms. The van der Waals surface area contributed by atoms with Gasteiger partial charge in [-0.15, -0.1) is 0 Å². The normalized spacial score (nSPS) is 13.0. The fourth-order valence-corrected chi connectivity index (χ4v) is 1.88. The zero-order valence-corrected chi connectivity index (χ0v) is 11.3. The molecule has 4 nitrogen and oxygen atoms in total. The molecule has 0 aliphatic rings. The molecule has 0 amide bonds. The molecule has 1 aromatic rings. The molecule has 0 radical (unpaired) electrons. The second kappa shape index (κ2) is 6.79. The van der Waals surface area contributed by atoms with Crippen LogP contribution in [0.15, 0.2) is 6.07 Å². The highest BCUT2D eigenvalue weighted by molar-refractivity contribution is 5.26. The molecule has 0 bridgehead atoms. The Kier molecular flexibility index (Phi) is 5.68. The van der Waals surface area contributed by atoms with Gasteiger partial charge in [0.05, 0.1) is 12.7 Å². The van der Waals surface area contributed by atoms with E-state index in [0.717, 1.165) is 19.5 Å². The number of rotatable bonds is 7. The summed E-state index contributed by atoms with van der Waals surface area (Å²) < 4.78 is 7.07. The lowest BCUT2D eigenvalue weighted by Crippen LogP contribution is -2.23. The third kappa shape index (κ3) is 4.15. The zero-order valence-electron chi connectivity index (χ0n) is 11.3. The second-order valence-electron chi connectivity index (χ2n) is 4.53. The SMILES string of the molecule is COCC(O)CCNCc1cc(C)n(C)c1C.